The molecule has 70 valence electrons. The first-order valence-electron chi connectivity index (χ1n) is 4.22. The second-order valence-corrected chi connectivity index (χ2v) is 2.93. The van der Waals surface area contributed by atoms with Gasteiger partial charge in [0.05, 0.1) is 0 Å². The molecule has 0 fully saturated rings. The van der Waals surface area contributed by atoms with E-state index in [4.69, 9.17) is 10.2 Å². The Morgan fingerprint density at radius 2 is 1.79 bits per heavy atom. The third kappa shape index (κ3) is 1.66. The number of nitrogens with two attached hydrogens (primary N) is 1. The Kier molecular flexibility index (Phi) is 2.07. The van der Waals surface area contributed by atoms with Gasteiger partial charge in [-0.15, -0.1) is 0 Å². The summed E-state index contributed by atoms with van der Waals surface area (Å²) in [6.45, 7) is 0. The van der Waals surface area contributed by atoms with Crippen molar-refractivity contribution in [3.05, 3.63) is 52.7 Å². The van der Waals surface area contributed by atoms with Crippen LogP contribution in [0.2, 0.25) is 0 Å². The Morgan fingerprint density at radius 1 is 1.07 bits per heavy atom. The summed E-state index contributed by atoms with van der Waals surface area (Å²) in [6.07, 6.45) is 0. The standard InChI is InChI=1S/C11H9NO2/c12-11-7-9(13)6-10(14-11)8-4-2-1-3-5-8/h1-7H,12H2. The molecule has 1 aromatic heterocycles. The summed E-state index contributed by atoms with van der Waals surface area (Å²) < 4.78 is 5.22. The summed E-state index contributed by atoms with van der Waals surface area (Å²) >= 11 is 0. The van der Waals surface area contributed by atoms with Crippen molar-refractivity contribution in [2.45, 2.75) is 0 Å². The van der Waals surface area contributed by atoms with Crippen molar-refractivity contribution in [2.24, 2.45) is 0 Å². The maximum Gasteiger partial charge on any atom is 0.194 e. The number of anilines is 1. The predicted octanol–water partition coefficient (Wildman–Crippen LogP) is 1.89. The zero-order chi connectivity index (χ0) is 9.97. The van der Waals surface area contributed by atoms with Gasteiger partial charge in [-0.2, -0.15) is 0 Å². The minimum atomic E-state index is -0.146. The lowest BCUT2D eigenvalue weighted by atomic mass is 10.1. The van der Waals surface area contributed by atoms with Gasteiger partial charge >= 0.3 is 0 Å². The number of hydrogen-bond donors (Lipinski definition) is 1. The lowest BCUT2D eigenvalue weighted by Crippen LogP contribution is -2.00. The Morgan fingerprint density at radius 3 is 2.43 bits per heavy atom. The van der Waals surface area contributed by atoms with E-state index in [1.54, 1.807) is 0 Å². The molecular weight excluding hydrogens is 178 g/mol. The first-order valence-corrected chi connectivity index (χ1v) is 4.22. The van der Waals surface area contributed by atoms with Crippen molar-refractivity contribution in [3.63, 3.8) is 0 Å². The topological polar surface area (TPSA) is 56.2 Å². The highest BCUT2D eigenvalue weighted by Gasteiger charge is 2.01. The van der Waals surface area contributed by atoms with Gasteiger partial charge in [0.2, 0.25) is 0 Å². The first-order chi connectivity index (χ1) is 6.75. The fourth-order valence-electron chi connectivity index (χ4n) is 1.24. The molecule has 1 heterocycles. The fraction of sp³-hybridized carbons (Fsp3) is 0. The van der Waals surface area contributed by atoms with Gasteiger partial charge in [0.15, 0.2) is 11.3 Å². The van der Waals surface area contributed by atoms with E-state index in [1.165, 1.54) is 12.1 Å². The highest BCUT2D eigenvalue weighted by molar-refractivity contribution is 5.57. The van der Waals surface area contributed by atoms with Crippen molar-refractivity contribution in [3.8, 4) is 11.3 Å². The summed E-state index contributed by atoms with van der Waals surface area (Å²) in [6, 6.07) is 12.0. The number of rotatable bonds is 1. The zero-order valence-corrected chi connectivity index (χ0v) is 7.44. The van der Waals surface area contributed by atoms with Crippen molar-refractivity contribution in [1.29, 1.82) is 0 Å². The molecule has 0 atom stereocenters. The van der Waals surface area contributed by atoms with Crippen molar-refractivity contribution < 1.29 is 4.42 Å². The maximum atomic E-state index is 11.1. The lowest BCUT2D eigenvalue weighted by molar-refractivity contribution is 0.586. The smallest absolute Gasteiger partial charge is 0.194 e. The molecule has 0 amide bonds. The minimum Gasteiger partial charge on any atom is -0.441 e. The number of nitrogen functional groups attached to an aromatic ring is 1. The molecule has 0 aliphatic carbocycles. The molecule has 0 saturated carbocycles. The molecule has 2 N–H and O–H groups in total. The molecule has 0 saturated heterocycles. The summed E-state index contributed by atoms with van der Waals surface area (Å²) in [4.78, 5) is 11.1. The average molecular weight is 187 g/mol. The molecule has 1 aromatic carbocycles. The molecule has 3 heteroatoms. The van der Waals surface area contributed by atoms with Crippen LogP contribution >= 0.6 is 0 Å². The van der Waals surface area contributed by atoms with Crippen LogP contribution < -0.4 is 11.2 Å². The van der Waals surface area contributed by atoms with E-state index in [0.717, 1.165) is 5.56 Å². The van der Waals surface area contributed by atoms with Crippen LogP contribution in [-0.2, 0) is 0 Å². The van der Waals surface area contributed by atoms with Crippen LogP contribution in [0.15, 0.2) is 51.7 Å². The normalized spacial score (nSPS) is 10.0. The molecule has 14 heavy (non-hydrogen) atoms. The van der Waals surface area contributed by atoms with E-state index < -0.39 is 0 Å². The molecule has 2 rings (SSSR count). The second-order valence-electron chi connectivity index (χ2n) is 2.93. The monoisotopic (exact) mass is 187 g/mol. The maximum absolute atomic E-state index is 11.1. The van der Waals surface area contributed by atoms with Gasteiger partial charge in [0.1, 0.15) is 5.76 Å². The third-order valence-electron chi connectivity index (χ3n) is 1.84. The molecule has 0 aliphatic rings. The van der Waals surface area contributed by atoms with Crippen molar-refractivity contribution in [1.82, 2.24) is 0 Å². The van der Waals surface area contributed by atoms with Crippen molar-refractivity contribution in [2.75, 3.05) is 5.73 Å². The van der Waals surface area contributed by atoms with Gasteiger partial charge in [-0.05, 0) is 0 Å². The van der Waals surface area contributed by atoms with E-state index in [-0.39, 0.29) is 11.3 Å². The van der Waals surface area contributed by atoms with Crippen LogP contribution in [0.1, 0.15) is 0 Å². The van der Waals surface area contributed by atoms with Gasteiger partial charge < -0.3 is 10.2 Å². The van der Waals surface area contributed by atoms with Gasteiger partial charge in [-0.25, -0.2) is 0 Å². The highest BCUT2D eigenvalue weighted by Crippen LogP contribution is 2.18. The Hall–Kier alpha value is -2.03. The van der Waals surface area contributed by atoms with E-state index in [2.05, 4.69) is 0 Å². The Labute approximate surface area is 80.8 Å². The van der Waals surface area contributed by atoms with Gasteiger partial charge in [0.25, 0.3) is 0 Å². The molecule has 0 radical (unpaired) electrons. The SMILES string of the molecule is Nc1cc(=O)cc(-c2ccccc2)o1. The van der Waals surface area contributed by atoms with E-state index in [9.17, 15) is 4.79 Å². The van der Waals surface area contributed by atoms with E-state index in [0.29, 0.717) is 5.76 Å². The van der Waals surface area contributed by atoms with Gasteiger partial charge in [0, 0.05) is 17.7 Å². The molecule has 2 aromatic rings. The van der Waals surface area contributed by atoms with Crippen molar-refractivity contribution >= 4 is 5.88 Å². The van der Waals surface area contributed by atoms with Crippen LogP contribution in [-0.4, -0.2) is 0 Å². The first kappa shape index (κ1) is 8.56. The van der Waals surface area contributed by atoms with E-state index >= 15 is 0 Å². The van der Waals surface area contributed by atoms with Crippen LogP contribution in [0.3, 0.4) is 0 Å². The molecule has 3 nitrogen and oxygen atoms in total. The van der Waals surface area contributed by atoms with Crippen LogP contribution in [0.25, 0.3) is 11.3 Å². The molecule has 0 spiro atoms. The summed E-state index contributed by atoms with van der Waals surface area (Å²) in [7, 11) is 0. The van der Waals surface area contributed by atoms with Crippen LogP contribution in [0.5, 0.6) is 0 Å². The van der Waals surface area contributed by atoms with Crippen LogP contribution in [0.4, 0.5) is 5.88 Å². The summed E-state index contributed by atoms with van der Waals surface area (Å²) in [5, 5.41) is 0. The fourth-order valence-corrected chi connectivity index (χ4v) is 1.24. The number of hydrogen-bond acceptors (Lipinski definition) is 3. The van der Waals surface area contributed by atoms with E-state index in [1.807, 2.05) is 30.3 Å². The largest absolute Gasteiger partial charge is 0.441 e. The average Bonchev–Trinajstić information content (AvgIpc) is 2.18. The zero-order valence-electron chi connectivity index (χ0n) is 7.44. The van der Waals surface area contributed by atoms with Crippen LogP contribution in [0, 0.1) is 0 Å². The number of benzene rings is 1. The van der Waals surface area contributed by atoms with Gasteiger partial charge in [-0.1, -0.05) is 30.3 Å². The van der Waals surface area contributed by atoms with Gasteiger partial charge in [-0.3, -0.25) is 4.79 Å². The Balaban J connectivity index is 2.58. The summed E-state index contributed by atoms with van der Waals surface area (Å²) in [5.74, 6) is 0.631. The Bertz CT molecular complexity index is 488. The summed E-state index contributed by atoms with van der Waals surface area (Å²) in [5.41, 5.74) is 6.13. The molecule has 0 unspecified atom stereocenters. The third-order valence-corrected chi connectivity index (χ3v) is 1.84. The predicted molar refractivity (Wildman–Crippen MR) is 54.8 cm³/mol. The molecule has 0 aliphatic heterocycles. The molecule has 0 bridgehead atoms. The minimum absolute atomic E-state index is 0.136. The lowest BCUT2D eigenvalue weighted by Gasteiger charge is -2.00. The second kappa shape index (κ2) is 3.38. The molecular formula is C11H9NO2. The highest BCUT2D eigenvalue weighted by atomic mass is 16.3. The quantitative estimate of drug-likeness (QED) is 0.741.